The highest BCUT2D eigenvalue weighted by Crippen LogP contribution is 2.38. The molecule has 1 aliphatic carbocycles. The van der Waals surface area contributed by atoms with Crippen LogP contribution in [0.1, 0.15) is 53.9 Å². The molecule has 31 heavy (non-hydrogen) atoms. The summed E-state index contributed by atoms with van der Waals surface area (Å²) >= 11 is 0. The number of aromatic nitrogens is 1. The Morgan fingerprint density at radius 2 is 2.03 bits per heavy atom. The first-order chi connectivity index (χ1) is 14.4. The molecule has 0 radical (unpaired) electrons. The molecule has 3 heterocycles. The number of anilines is 2. The fraction of sp³-hybridized carbons (Fsp3) is 0.619. The van der Waals surface area contributed by atoms with Crippen molar-refractivity contribution in [1.29, 1.82) is 0 Å². The lowest BCUT2D eigenvalue weighted by Crippen LogP contribution is -2.48. The summed E-state index contributed by atoms with van der Waals surface area (Å²) in [7, 11) is 0. The molecule has 3 atom stereocenters. The Morgan fingerprint density at radius 3 is 2.74 bits per heavy atom. The van der Waals surface area contributed by atoms with Crippen LogP contribution in [0.15, 0.2) is 12.1 Å². The maximum atomic E-state index is 12.6. The molecule has 2 fully saturated rings. The standard InChI is InChI=1S/C21H28N4O6/c1-20(2,3)31-18(27)22-11-6-7-12-14(10-11)29-19(28)25(12)15-9-8-13-16(23-15)24-17(26)21(4,5)30-13/h8-9,11-12,14H,6-7,10H2,1-5H3,(H,22,27)(H,23,24,26)/t11-,12-,14-/m0/s1. The largest absolute Gasteiger partial charge is 0.474 e. The van der Waals surface area contributed by atoms with Crippen LogP contribution < -0.4 is 20.3 Å². The van der Waals surface area contributed by atoms with Gasteiger partial charge in [-0.3, -0.25) is 9.69 Å². The number of ether oxygens (including phenoxy) is 3. The Bertz CT molecular complexity index is 925. The summed E-state index contributed by atoms with van der Waals surface area (Å²) in [5, 5.41) is 5.59. The number of nitrogens with zero attached hydrogens (tertiary/aromatic N) is 2. The smallest absolute Gasteiger partial charge is 0.416 e. The number of pyridine rings is 1. The van der Waals surface area contributed by atoms with E-state index in [2.05, 4.69) is 15.6 Å². The molecule has 0 aromatic carbocycles. The van der Waals surface area contributed by atoms with Gasteiger partial charge in [0.05, 0.1) is 6.04 Å². The number of carbonyl (C=O) groups is 3. The molecule has 0 bridgehead atoms. The Balaban J connectivity index is 1.46. The van der Waals surface area contributed by atoms with Gasteiger partial charge in [-0.1, -0.05) is 0 Å². The van der Waals surface area contributed by atoms with E-state index in [0.29, 0.717) is 30.8 Å². The zero-order valence-electron chi connectivity index (χ0n) is 18.4. The van der Waals surface area contributed by atoms with Crippen LogP contribution in [-0.4, -0.2) is 52.5 Å². The summed E-state index contributed by atoms with van der Waals surface area (Å²) in [6.45, 7) is 8.76. The summed E-state index contributed by atoms with van der Waals surface area (Å²) in [4.78, 5) is 42.8. The molecular weight excluding hydrogens is 404 g/mol. The van der Waals surface area contributed by atoms with Crippen molar-refractivity contribution in [3.63, 3.8) is 0 Å². The number of rotatable bonds is 2. The van der Waals surface area contributed by atoms with Gasteiger partial charge in [-0.2, -0.15) is 0 Å². The van der Waals surface area contributed by atoms with E-state index in [-0.39, 0.29) is 29.9 Å². The average molecular weight is 432 g/mol. The molecule has 4 rings (SSSR count). The van der Waals surface area contributed by atoms with E-state index in [1.165, 1.54) is 4.90 Å². The van der Waals surface area contributed by atoms with Gasteiger partial charge < -0.3 is 24.8 Å². The predicted octanol–water partition coefficient (Wildman–Crippen LogP) is 2.96. The minimum absolute atomic E-state index is 0.143. The van der Waals surface area contributed by atoms with E-state index >= 15 is 0 Å². The number of fused-ring (bicyclic) bond motifs is 2. The number of nitrogens with one attached hydrogen (secondary N) is 2. The molecule has 2 aliphatic heterocycles. The Hall–Kier alpha value is -3.04. The summed E-state index contributed by atoms with van der Waals surface area (Å²) < 4.78 is 16.6. The highest BCUT2D eigenvalue weighted by Gasteiger charge is 2.47. The van der Waals surface area contributed by atoms with Crippen molar-refractivity contribution in [3.05, 3.63) is 12.1 Å². The molecule has 2 N–H and O–H groups in total. The van der Waals surface area contributed by atoms with E-state index < -0.39 is 23.4 Å². The molecule has 168 valence electrons. The number of hydrogen-bond donors (Lipinski definition) is 2. The number of alkyl carbamates (subject to hydrolysis) is 1. The van der Waals surface area contributed by atoms with Gasteiger partial charge in [0, 0.05) is 12.5 Å². The van der Waals surface area contributed by atoms with E-state index in [0.717, 1.165) is 0 Å². The lowest BCUT2D eigenvalue weighted by Gasteiger charge is -2.34. The zero-order chi connectivity index (χ0) is 22.6. The maximum absolute atomic E-state index is 12.6. The lowest BCUT2D eigenvalue weighted by atomic mass is 9.88. The van der Waals surface area contributed by atoms with Crippen molar-refractivity contribution in [2.45, 2.75) is 83.3 Å². The summed E-state index contributed by atoms with van der Waals surface area (Å²) in [5.41, 5.74) is -1.57. The number of amides is 3. The topological polar surface area (TPSA) is 119 Å². The Labute approximate surface area is 180 Å². The molecular formula is C21H28N4O6. The normalized spacial score (nSPS) is 26.7. The van der Waals surface area contributed by atoms with Crippen molar-refractivity contribution in [1.82, 2.24) is 10.3 Å². The Kier molecular flexibility index (Phi) is 4.98. The van der Waals surface area contributed by atoms with E-state index in [4.69, 9.17) is 14.2 Å². The second-order valence-corrected chi connectivity index (χ2v) is 9.60. The van der Waals surface area contributed by atoms with E-state index in [1.807, 2.05) is 0 Å². The third kappa shape index (κ3) is 4.24. The summed E-state index contributed by atoms with van der Waals surface area (Å²) in [5.74, 6) is 0.805. The molecule has 1 saturated heterocycles. The van der Waals surface area contributed by atoms with Crippen LogP contribution in [0.25, 0.3) is 0 Å². The van der Waals surface area contributed by atoms with Gasteiger partial charge >= 0.3 is 12.2 Å². The van der Waals surface area contributed by atoms with Gasteiger partial charge in [0.1, 0.15) is 17.5 Å². The second-order valence-electron chi connectivity index (χ2n) is 9.60. The first-order valence-electron chi connectivity index (χ1n) is 10.4. The number of carbonyl (C=O) groups excluding carboxylic acids is 3. The van der Waals surface area contributed by atoms with Gasteiger partial charge in [0.25, 0.3) is 5.91 Å². The first kappa shape index (κ1) is 21.2. The van der Waals surface area contributed by atoms with Gasteiger partial charge in [-0.05, 0) is 59.6 Å². The zero-order valence-corrected chi connectivity index (χ0v) is 18.4. The minimum atomic E-state index is -0.993. The molecule has 1 saturated carbocycles. The van der Waals surface area contributed by atoms with Crippen LogP contribution in [0, 0.1) is 0 Å². The number of hydrogen-bond acceptors (Lipinski definition) is 7. The van der Waals surface area contributed by atoms with Crippen LogP contribution in [-0.2, 0) is 14.3 Å². The van der Waals surface area contributed by atoms with Gasteiger partial charge in [-0.15, -0.1) is 0 Å². The Morgan fingerprint density at radius 1 is 1.29 bits per heavy atom. The van der Waals surface area contributed by atoms with Crippen molar-refractivity contribution >= 4 is 29.7 Å². The fourth-order valence-corrected chi connectivity index (χ4v) is 4.05. The maximum Gasteiger partial charge on any atom is 0.416 e. The predicted molar refractivity (Wildman–Crippen MR) is 111 cm³/mol. The molecule has 0 unspecified atom stereocenters. The van der Waals surface area contributed by atoms with Gasteiger partial charge in [0.15, 0.2) is 17.2 Å². The monoisotopic (exact) mass is 432 g/mol. The second kappa shape index (κ2) is 7.28. The van der Waals surface area contributed by atoms with Crippen LogP contribution in [0.2, 0.25) is 0 Å². The minimum Gasteiger partial charge on any atom is -0.474 e. The summed E-state index contributed by atoms with van der Waals surface area (Å²) in [6.07, 6.45) is 0.447. The third-order valence-corrected chi connectivity index (χ3v) is 5.49. The van der Waals surface area contributed by atoms with Crippen LogP contribution >= 0.6 is 0 Å². The first-order valence-corrected chi connectivity index (χ1v) is 10.4. The highest BCUT2D eigenvalue weighted by atomic mass is 16.6. The van der Waals surface area contributed by atoms with E-state index in [9.17, 15) is 14.4 Å². The van der Waals surface area contributed by atoms with Crippen LogP contribution in [0.5, 0.6) is 5.75 Å². The van der Waals surface area contributed by atoms with Crippen LogP contribution in [0.3, 0.4) is 0 Å². The van der Waals surface area contributed by atoms with E-state index in [1.54, 1.807) is 46.8 Å². The summed E-state index contributed by atoms with van der Waals surface area (Å²) in [6, 6.07) is 3.03. The molecule has 10 nitrogen and oxygen atoms in total. The molecule has 3 amide bonds. The van der Waals surface area contributed by atoms with Gasteiger partial charge in [-0.25, -0.2) is 14.6 Å². The molecule has 3 aliphatic rings. The van der Waals surface area contributed by atoms with Crippen molar-refractivity contribution in [3.8, 4) is 5.75 Å². The molecule has 1 aromatic heterocycles. The van der Waals surface area contributed by atoms with Gasteiger partial charge in [0.2, 0.25) is 0 Å². The van der Waals surface area contributed by atoms with Crippen molar-refractivity contribution in [2.75, 3.05) is 10.2 Å². The average Bonchev–Trinajstić information content (AvgIpc) is 2.95. The van der Waals surface area contributed by atoms with Crippen LogP contribution in [0.4, 0.5) is 21.2 Å². The molecule has 0 spiro atoms. The molecule has 1 aromatic rings. The third-order valence-electron chi connectivity index (χ3n) is 5.49. The quantitative estimate of drug-likeness (QED) is 0.737. The molecule has 10 heteroatoms. The SMILES string of the molecule is CC(C)(C)OC(=O)N[C@H]1CC[C@H]2[C@H](C1)OC(=O)N2c1ccc2c(n1)NC(=O)C(C)(C)O2. The lowest BCUT2D eigenvalue weighted by molar-refractivity contribution is -0.129. The van der Waals surface area contributed by atoms with Crippen molar-refractivity contribution < 1.29 is 28.6 Å². The highest BCUT2D eigenvalue weighted by molar-refractivity contribution is 5.99. The fourth-order valence-electron chi connectivity index (χ4n) is 4.05. The van der Waals surface area contributed by atoms with Crippen molar-refractivity contribution in [2.24, 2.45) is 0 Å².